The lowest BCUT2D eigenvalue weighted by Crippen LogP contribution is -2.48. The summed E-state index contributed by atoms with van der Waals surface area (Å²) in [7, 11) is 0. The molecule has 0 bridgehead atoms. The van der Waals surface area contributed by atoms with E-state index in [9.17, 15) is 35.9 Å². The molecule has 1 fully saturated rings. The van der Waals surface area contributed by atoms with Crippen LogP contribution in [0.5, 0.6) is 0 Å². The van der Waals surface area contributed by atoms with Crippen molar-refractivity contribution in [2.75, 3.05) is 5.32 Å². The van der Waals surface area contributed by atoms with Crippen molar-refractivity contribution in [1.29, 1.82) is 0 Å². The number of halogens is 6. The molecule has 1 aromatic rings. The summed E-state index contributed by atoms with van der Waals surface area (Å²) in [5, 5.41) is 11.0. The number of benzene rings is 1. The van der Waals surface area contributed by atoms with Crippen LogP contribution in [0.3, 0.4) is 0 Å². The average Bonchev–Trinajstić information content (AvgIpc) is 2.34. The predicted octanol–water partition coefficient (Wildman–Crippen LogP) is 3.92. The Balaban J connectivity index is 2.39. The highest BCUT2D eigenvalue weighted by Crippen LogP contribution is 2.43. The number of carboxylic acids is 1. The van der Waals surface area contributed by atoms with Crippen LogP contribution in [0, 0.1) is 5.41 Å². The Labute approximate surface area is 131 Å². The van der Waals surface area contributed by atoms with E-state index in [1.54, 1.807) is 0 Å². The Morgan fingerprint density at radius 3 is 1.71 bits per heavy atom. The highest BCUT2D eigenvalue weighted by molar-refractivity contribution is 6.09. The van der Waals surface area contributed by atoms with Crippen molar-refractivity contribution in [3.8, 4) is 0 Å². The first-order chi connectivity index (χ1) is 10.9. The van der Waals surface area contributed by atoms with Gasteiger partial charge in [-0.3, -0.25) is 9.59 Å². The maximum absolute atomic E-state index is 12.7. The van der Waals surface area contributed by atoms with Gasteiger partial charge in [-0.25, -0.2) is 0 Å². The van der Waals surface area contributed by atoms with Crippen LogP contribution in [0.1, 0.15) is 30.4 Å². The van der Waals surface area contributed by atoms with E-state index in [0.717, 1.165) is 0 Å². The molecule has 2 rings (SSSR count). The topological polar surface area (TPSA) is 66.4 Å². The molecule has 2 N–H and O–H groups in total. The second-order valence-corrected chi connectivity index (χ2v) is 5.49. The van der Waals surface area contributed by atoms with Crippen molar-refractivity contribution in [2.24, 2.45) is 5.41 Å². The highest BCUT2D eigenvalue weighted by Gasteiger charge is 2.51. The number of amides is 1. The molecule has 4 nitrogen and oxygen atoms in total. The van der Waals surface area contributed by atoms with E-state index in [1.165, 1.54) is 0 Å². The van der Waals surface area contributed by atoms with Crippen molar-refractivity contribution >= 4 is 17.6 Å². The Hall–Kier alpha value is -2.26. The molecule has 10 heteroatoms. The van der Waals surface area contributed by atoms with Gasteiger partial charge in [0.25, 0.3) is 0 Å². The van der Waals surface area contributed by atoms with Crippen molar-refractivity contribution in [3.05, 3.63) is 29.3 Å². The Morgan fingerprint density at radius 1 is 0.958 bits per heavy atom. The average molecular weight is 355 g/mol. The van der Waals surface area contributed by atoms with Gasteiger partial charge in [0, 0.05) is 5.69 Å². The SMILES string of the molecule is O=C(O)C1(C(=O)Nc2cc(C(F)(F)F)cc(C(F)(F)F)c2)CCC1. The van der Waals surface area contributed by atoms with Crippen LogP contribution < -0.4 is 5.32 Å². The maximum Gasteiger partial charge on any atom is 0.416 e. The predicted molar refractivity (Wildman–Crippen MR) is 69.0 cm³/mol. The Morgan fingerprint density at radius 2 is 1.42 bits per heavy atom. The van der Waals surface area contributed by atoms with Crippen LogP contribution in [0.15, 0.2) is 18.2 Å². The van der Waals surface area contributed by atoms with Gasteiger partial charge in [0.05, 0.1) is 11.1 Å². The van der Waals surface area contributed by atoms with Gasteiger partial charge in [0.1, 0.15) is 5.41 Å². The van der Waals surface area contributed by atoms with Gasteiger partial charge in [-0.2, -0.15) is 26.3 Å². The molecule has 0 aliphatic heterocycles. The lowest BCUT2D eigenvalue weighted by atomic mass is 9.68. The number of hydrogen-bond acceptors (Lipinski definition) is 2. The summed E-state index contributed by atoms with van der Waals surface area (Å²) < 4.78 is 76.4. The van der Waals surface area contributed by atoms with Crippen molar-refractivity contribution in [2.45, 2.75) is 31.6 Å². The Kier molecular flexibility index (Phi) is 4.28. The number of hydrogen-bond donors (Lipinski definition) is 2. The third kappa shape index (κ3) is 3.31. The van der Waals surface area contributed by atoms with Gasteiger partial charge in [-0.1, -0.05) is 6.42 Å². The minimum atomic E-state index is -5.05. The summed E-state index contributed by atoms with van der Waals surface area (Å²) in [6, 6.07) is 0.592. The first-order valence-corrected chi connectivity index (χ1v) is 6.70. The number of alkyl halides is 6. The molecule has 0 heterocycles. The minimum Gasteiger partial charge on any atom is -0.480 e. The fourth-order valence-electron chi connectivity index (χ4n) is 2.35. The molecular formula is C14H11F6NO3. The molecule has 132 valence electrons. The fourth-order valence-corrected chi connectivity index (χ4v) is 2.35. The highest BCUT2D eigenvalue weighted by atomic mass is 19.4. The third-order valence-corrected chi connectivity index (χ3v) is 3.90. The second-order valence-electron chi connectivity index (χ2n) is 5.49. The third-order valence-electron chi connectivity index (χ3n) is 3.90. The number of carboxylic acid groups (broad SMARTS) is 1. The summed E-state index contributed by atoms with van der Waals surface area (Å²) in [6.07, 6.45) is -9.74. The largest absolute Gasteiger partial charge is 0.480 e. The number of carbonyl (C=O) groups is 2. The van der Waals surface area contributed by atoms with E-state index >= 15 is 0 Å². The molecule has 1 amide bonds. The van der Waals surface area contributed by atoms with Gasteiger partial charge in [0.15, 0.2) is 0 Å². The zero-order valence-corrected chi connectivity index (χ0v) is 11.9. The van der Waals surface area contributed by atoms with Crippen molar-refractivity contribution in [3.63, 3.8) is 0 Å². The molecule has 0 radical (unpaired) electrons. The van der Waals surface area contributed by atoms with Crippen LogP contribution in [-0.4, -0.2) is 17.0 Å². The lowest BCUT2D eigenvalue weighted by Gasteiger charge is -2.35. The summed E-state index contributed by atoms with van der Waals surface area (Å²) >= 11 is 0. The standard InChI is InChI=1S/C14H11F6NO3/c15-13(16,17)7-4-8(14(18,19)20)6-9(5-7)21-10(22)12(11(23)24)2-1-3-12/h4-6H,1-3H2,(H,21,22)(H,23,24). The molecule has 0 aromatic heterocycles. The minimum absolute atomic E-state index is 0.0285. The first-order valence-electron chi connectivity index (χ1n) is 6.70. The van der Waals surface area contributed by atoms with E-state index in [2.05, 4.69) is 0 Å². The number of anilines is 1. The first kappa shape index (κ1) is 18.1. The van der Waals surface area contributed by atoms with Crippen LogP contribution in [0.4, 0.5) is 32.0 Å². The number of rotatable bonds is 3. The monoisotopic (exact) mass is 355 g/mol. The quantitative estimate of drug-likeness (QED) is 0.638. The molecule has 1 aliphatic carbocycles. The zero-order valence-electron chi connectivity index (χ0n) is 11.9. The number of nitrogens with one attached hydrogen (secondary N) is 1. The molecule has 0 saturated heterocycles. The molecule has 0 unspecified atom stereocenters. The molecule has 24 heavy (non-hydrogen) atoms. The van der Waals surface area contributed by atoms with Crippen molar-refractivity contribution < 1.29 is 41.0 Å². The molecule has 0 spiro atoms. The molecule has 1 saturated carbocycles. The summed E-state index contributed by atoms with van der Waals surface area (Å²) in [6.45, 7) is 0. The van der Waals surface area contributed by atoms with Crippen molar-refractivity contribution in [1.82, 2.24) is 0 Å². The molecule has 0 atom stereocenters. The van der Waals surface area contributed by atoms with Gasteiger partial charge in [-0.05, 0) is 31.0 Å². The second kappa shape index (κ2) is 5.67. The van der Waals surface area contributed by atoms with E-state index in [-0.39, 0.29) is 18.9 Å². The van der Waals surface area contributed by atoms with Crippen LogP contribution >= 0.6 is 0 Å². The van der Waals surface area contributed by atoms with Crippen LogP contribution in [0.2, 0.25) is 0 Å². The number of aliphatic carboxylic acids is 1. The fraction of sp³-hybridized carbons (Fsp3) is 0.429. The number of carbonyl (C=O) groups excluding carboxylic acids is 1. The van der Waals surface area contributed by atoms with Gasteiger partial charge in [0.2, 0.25) is 5.91 Å². The normalized spacial score (nSPS) is 17.1. The zero-order chi connectivity index (χ0) is 18.3. The van der Waals surface area contributed by atoms with E-state index in [4.69, 9.17) is 5.11 Å². The van der Waals surface area contributed by atoms with Gasteiger partial charge >= 0.3 is 18.3 Å². The Bertz CT molecular complexity index is 644. The van der Waals surface area contributed by atoms with Crippen LogP contribution in [-0.2, 0) is 21.9 Å². The summed E-state index contributed by atoms with van der Waals surface area (Å²) in [5.74, 6) is -2.59. The van der Waals surface area contributed by atoms with E-state index in [0.29, 0.717) is 18.6 Å². The molecule has 1 aromatic carbocycles. The van der Waals surface area contributed by atoms with E-state index < -0.39 is 46.5 Å². The maximum atomic E-state index is 12.7. The summed E-state index contributed by atoms with van der Waals surface area (Å²) in [5.41, 5.74) is -5.75. The molecule has 1 aliphatic rings. The van der Waals surface area contributed by atoms with Crippen LogP contribution in [0.25, 0.3) is 0 Å². The lowest BCUT2D eigenvalue weighted by molar-refractivity contribution is -0.160. The van der Waals surface area contributed by atoms with E-state index in [1.807, 2.05) is 5.32 Å². The smallest absolute Gasteiger partial charge is 0.416 e. The summed E-state index contributed by atoms with van der Waals surface area (Å²) in [4.78, 5) is 23.2. The molecular weight excluding hydrogens is 344 g/mol. The van der Waals surface area contributed by atoms with Gasteiger partial charge < -0.3 is 10.4 Å². The van der Waals surface area contributed by atoms with Gasteiger partial charge in [-0.15, -0.1) is 0 Å².